The summed E-state index contributed by atoms with van der Waals surface area (Å²) in [7, 11) is 0. The van der Waals surface area contributed by atoms with E-state index in [1.54, 1.807) is 26.0 Å². The molecule has 0 atom stereocenters. The van der Waals surface area contributed by atoms with Gasteiger partial charge in [0.2, 0.25) is 0 Å². The quantitative estimate of drug-likeness (QED) is 0.763. The fourth-order valence-corrected chi connectivity index (χ4v) is 1.74. The molecule has 0 aliphatic carbocycles. The molecule has 0 aliphatic heterocycles. The lowest BCUT2D eigenvalue weighted by molar-refractivity contribution is 0.103. The third-order valence-corrected chi connectivity index (χ3v) is 2.64. The van der Waals surface area contributed by atoms with Crippen LogP contribution in [0, 0.1) is 25.5 Å². The number of nitrogens with zero attached hydrogens (tertiary/aromatic N) is 1. The fraction of sp³-hybridized carbons (Fsp3) is 0.143. The van der Waals surface area contributed by atoms with Crippen molar-refractivity contribution in [1.82, 2.24) is 4.98 Å². The van der Waals surface area contributed by atoms with Crippen LogP contribution in [-0.4, -0.2) is 10.8 Å². The number of rotatable bonds is 2. The molecule has 0 aliphatic rings. The van der Waals surface area contributed by atoms with Crippen LogP contribution in [0.5, 0.6) is 0 Å². The third-order valence-electron chi connectivity index (χ3n) is 2.64. The molecular formula is C14H11F2NO. The van der Waals surface area contributed by atoms with E-state index < -0.39 is 17.4 Å². The normalized spacial score (nSPS) is 10.4. The van der Waals surface area contributed by atoms with E-state index in [1.165, 1.54) is 0 Å². The Hall–Kier alpha value is -2.10. The summed E-state index contributed by atoms with van der Waals surface area (Å²) in [5.74, 6) is -1.93. The van der Waals surface area contributed by atoms with Gasteiger partial charge in [-0.05, 0) is 44.2 Å². The summed E-state index contributed by atoms with van der Waals surface area (Å²) in [6, 6.07) is 6.06. The smallest absolute Gasteiger partial charge is 0.197 e. The number of pyridine rings is 1. The first-order chi connectivity index (χ1) is 8.49. The van der Waals surface area contributed by atoms with Gasteiger partial charge in [-0.15, -0.1) is 0 Å². The summed E-state index contributed by atoms with van der Waals surface area (Å²) in [5.41, 5.74) is 1.28. The molecule has 18 heavy (non-hydrogen) atoms. The van der Waals surface area contributed by atoms with Gasteiger partial charge in [0, 0.05) is 17.0 Å². The molecule has 0 bridgehead atoms. The van der Waals surface area contributed by atoms with Crippen LogP contribution in [0.3, 0.4) is 0 Å². The van der Waals surface area contributed by atoms with Gasteiger partial charge in [0.05, 0.1) is 5.56 Å². The average molecular weight is 247 g/mol. The molecule has 0 N–H and O–H groups in total. The second-order valence-electron chi connectivity index (χ2n) is 4.04. The third kappa shape index (κ3) is 2.27. The van der Waals surface area contributed by atoms with Gasteiger partial charge in [-0.3, -0.25) is 9.78 Å². The van der Waals surface area contributed by atoms with Gasteiger partial charge in [-0.1, -0.05) is 0 Å². The minimum atomic E-state index is -0.735. The Morgan fingerprint density at radius 2 is 1.78 bits per heavy atom. The van der Waals surface area contributed by atoms with Crippen molar-refractivity contribution in [2.45, 2.75) is 13.8 Å². The van der Waals surface area contributed by atoms with Crippen LogP contribution in [0.15, 0.2) is 30.3 Å². The molecule has 2 aromatic rings. The molecule has 0 saturated heterocycles. The van der Waals surface area contributed by atoms with Crippen LogP contribution < -0.4 is 0 Å². The van der Waals surface area contributed by atoms with Crippen LogP contribution in [0.2, 0.25) is 0 Å². The first-order valence-electron chi connectivity index (χ1n) is 5.43. The zero-order chi connectivity index (χ0) is 13.3. The van der Waals surface area contributed by atoms with E-state index in [0.29, 0.717) is 5.69 Å². The van der Waals surface area contributed by atoms with E-state index in [9.17, 15) is 13.6 Å². The van der Waals surface area contributed by atoms with Crippen LogP contribution in [0.1, 0.15) is 27.3 Å². The van der Waals surface area contributed by atoms with E-state index in [1.807, 2.05) is 0 Å². The van der Waals surface area contributed by atoms with Crippen molar-refractivity contribution in [2.24, 2.45) is 0 Å². The molecule has 0 saturated carbocycles. The van der Waals surface area contributed by atoms with E-state index in [-0.39, 0.29) is 11.1 Å². The van der Waals surface area contributed by atoms with E-state index in [2.05, 4.69) is 4.98 Å². The van der Waals surface area contributed by atoms with Gasteiger partial charge < -0.3 is 0 Å². The Balaban J connectivity index is 2.51. The van der Waals surface area contributed by atoms with Crippen molar-refractivity contribution < 1.29 is 13.6 Å². The zero-order valence-electron chi connectivity index (χ0n) is 10.00. The van der Waals surface area contributed by atoms with Gasteiger partial charge in [-0.2, -0.15) is 0 Å². The van der Waals surface area contributed by atoms with Crippen molar-refractivity contribution in [3.8, 4) is 0 Å². The minimum Gasteiger partial charge on any atom is -0.288 e. The number of hydrogen-bond acceptors (Lipinski definition) is 2. The van der Waals surface area contributed by atoms with Crippen LogP contribution in [0.4, 0.5) is 8.78 Å². The maximum atomic E-state index is 13.5. The number of carbonyl (C=O) groups excluding carboxylic acids is 1. The Morgan fingerprint density at radius 1 is 1.06 bits per heavy atom. The number of benzene rings is 1. The Morgan fingerprint density at radius 3 is 2.44 bits per heavy atom. The molecule has 4 heteroatoms. The molecule has 0 unspecified atom stereocenters. The van der Waals surface area contributed by atoms with Crippen molar-refractivity contribution >= 4 is 5.78 Å². The molecule has 0 fully saturated rings. The fourth-order valence-electron chi connectivity index (χ4n) is 1.74. The van der Waals surface area contributed by atoms with Gasteiger partial charge >= 0.3 is 0 Å². The van der Waals surface area contributed by atoms with Crippen LogP contribution >= 0.6 is 0 Å². The van der Waals surface area contributed by atoms with Gasteiger partial charge in [0.15, 0.2) is 5.78 Å². The first-order valence-corrected chi connectivity index (χ1v) is 5.43. The number of aromatic nitrogens is 1. The molecular weight excluding hydrogens is 236 g/mol. The number of halogens is 2. The van der Waals surface area contributed by atoms with Crippen molar-refractivity contribution in [3.05, 3.63) is 64.5 Å². The predicted octanol–water partition coefficient (Wildman–Crippen LogP) is 3.21. The molecule has 1 aromatic heterocycles. The van der Waals surface area contributed by atoms with Crippen LogP contribution in [-0.2, 0) is 0 Å². The molecule has 0 spiro atoms. The minimum absolute atomic E-state index is 0.274. The summed E-state index contributed by atoms with van der Waals surface area (Å²) in [6.45, 7) is 3.46. The summed E-state index contributed by atoms with van der Waals surface area (Å²) >= 11 is 0. The van der Waals surface area contributed by atoms with Crippen LogP contribution in [0.25, 0.3) is 0 Å². The molecule has 2 nitrogen and oxygen atoms in total. The van der Waals surface area contributed by atoms with Crippen molar-refractivity contribution in [1.29, 1.82) is 0 Å². The molecule has 2 rings (SSSR count). The SMILES string of the molecule is Cc1ccc(C(=O)c2cc(F)ccc2F)c(C)n1. The summed E-state index contributed by atoms with van der Waals surface area (Å²) in [4.78, 5) is 16.2. The lowest BCUT2D eigenvalue weighted by Gasteiger charge is -2.06. The van der Waals surface area contributed by atoms with Crippen molar-refractivity contribution in [2.75, 3.05) is 0 Å². The highest BCUT2D eigenvalue weighted by molar-refractivity contribution is 6.09. The van der Waals surface area contributed by atoms with Gasteiger partial charge in [0.1, 0.15) is 11.6 Å². The van der Waals surface area contributed by atoms with E-state index >= 15 is 0 Å². The summed E-state index contributed by atoms with van der Waals surface area (Å²) in [5, 5.41) is 0. The zero-order valence-corrected chi connectivity index (χ0v) is 10.00. The molecule has 0 radical (unpaired) electrons. The van der Waals surface area contributed by atoms with Gasteiger partial charge in [-0.25, -0.2) is 8.78 Å². The Kier molecular flexibility index (Phi) is 3.19. The number of carbonyl (C=O) groups is 1. The number of ketones is 1. The number of aryl methyl sites for hydroxylation is 2. The van der Waals surface area contributed by atoms with Crippen molar-refractivity contribution in [3.63, 3.8) is 0 Å². The number of hydrogen-bond donors (Lipinski definition) is 0. The highest BCUT2D eigenvalue weighted by Crippen LogP contribution is 2.17. The highest BCUT2D eigenvalue weighted by Gasteiger charge is 2.17. The monoisotopic (exact) mass is 247 g/mol. The largest absolute Gasteiger partial charge is 0.288 e. The lowest BCUT2D eigenvalue weighted by atomic mass is 10.0. The standard InChI is InChI=1S/C14H11F2NO/c1-8-3-5-11(9(2)17-8)14(18)12-7-10(15)4-6-13(12)16/h3-7H,1-2H3. The summed E-state index contributed by atoms with van der Waals surface area (Å²) in [6.07, 6.45) is 0. The van der Waals surface area contributed by atoms with Gasteiger partial charge in [0.25, 0.3) is 0 Å². The maximum absolute atomic E-state index is 13.5. The Labute approximate surface area is 103 Å². The van der Waals surface area contributed by atoms with E-state index in [0.717, 1.165) is 23.9 Å². The lowest BCUT2D eigenvalue weighted by Crippen LogP contribution is -2.08. The second kappa shape index (κ2) is 4.64. The van der Waals surface area contributed by atoms with E-state index in [4.69, 9.17) is 0 Å². The molecule has 1 heterocycles. The Bertz CT molecular complexity index is 623. The second-order valence-corrected chi connectivity index (χ2v) is 4.04. The topological polar surface area (TPSA) is 30.0 Å². The average Bonchev–Trinajstić information content (AvgIpc) is 2.31. The highest BCUT2D eigenvalue weighted by atomic mass is 19.1. The molecule has 92 valence electrons. The molecule has 0 amide bonds. The predicted molar refractivity (Wildman–Crippen MR) is 63.5 cm³/mol. The summed E-state index contributed by atoms with van der Waals surface area (Å²) < 4.78 is 26.6. The molecule has 1 aromatic carbocycles. The first kappa shape index (κ1) is 12.4. The maximum Gasteiger partial charge on any atom is 0.197 e.